The van der Waals surface area contributed by atoms with Gasteiger partial charge in [-0.05, 0) is 63.8 Å². The maximum atomic E-state index is 12.6. The third-order valence-corrected chi connectivity index (χ3v) is 5.61. The van der Waals surface area contributed by atoms with E-state index >= 15 is 0 Å². The Bertz CT molecular complexity index is 1090. The molecule has 1 aliphatic rings. The summed E-state index contributed by atoms with van der Waals surface area (Å²) in [5.74, 6) is 1.33. The molecule has 1 atom stereocenters. The molecule has 10 nitrogen and oxygen atoms in total. The second-order valence-corrected chi connectivity index (χ2v) is 9.52. The molecule has 1 fully saturated rings. The molecule has 0 N–H and O–H groups in total. The average molecular weight is 468 g/mol. The smallest absolute Gasteiger partial charge is 0.410 e. The molecule has 0 aliphatic carbocycles. The minimum absolute atomic E-state index is 0.0849. The molecule has 0 spiro atoms. The number of hydrogen-bond donors (Lipinski definition) is 0. The highest BCUT2D eigenvalue weighted by Gasteiger charge is 2.29. The van der Waals surface area contributed by atoms with Crippen molar-refractivity contribution in [2.24, 2.45) is 0 Å². The Morgan fingerprint density at radius 1 is 1.18 bits per heavy atom. The van der Waals surface area contributed by atoms with Crippen molar-refractivity contribution in [3.05, 3.63) is 48.2 Å². The van der Waals surface area contributed by atoms with Gasteiger partial charge in [0, 0.05) is 45.3 Å². The summed E-state index contributed by atoms with van der Waals surface area (Å²) in [6, 6.07) is 6.04. The highest BCUT2D eigenvalue weighted by atomic mass is 16.6. The summed E-state index contributed by atoms with van der Waals surface area (Å²) >= 11 is 0. The van der Waals surface area contributed by atoms with Crippen LogP contribution in [-0.4, -0.2) is 66.3 Å². The number of carbonyl (C=O) groups excluding carboxylic acids is 1. The van der Waals surface area contributed by atoms with Gasteiger partial charge in [-0.3, -0.25) is 9.67 Å². The lowest BCUT2D eigenvalue weighted by Gasteiger charge is -2.34. The van der Waals surface area contributed by atoms with Gasteiger partial charge in [-0.25, -0.2) is 14.5 Å². The number of ether oxygens (including phenoxy) is 2. The fraction of sp³-hybridized carbons (Fsp3) is 0.542. The largest absolute Gasteiger partial charge is 0.444 e. The maximum absolute atomic E-state index is 12.6. The number of hydrogen-bond acceptors (Lipinski definition) is 7. The number of rotatable bonds is 7. The molecular weight excluding hydrogens is 434 g/mol. The number of likely N-dealkylation sites (tertiary alicyclic amines) is 1. The van der Waals surface area contributed by atoms with Gasteiger partial charge in [-0.15, -0.1) is 0 Å². The molecule has 1 aliphatic heterocycles. The van der Waals surface area contributed by atoms with Crippen molar-refractivity contribution in [1.29, 1.82) is 0 Å². The third-order valence-electron chi connectivity index (χ3n) is 5.61. The van der Waals surface area contributed by atoms with E-state index in [9.17, 15) is 4.79 Å². The minimum Gasteiger partial charge on any atom is -0.444 e. The molecule has 0 saturated carbocycles. The van der Waals surface area contributed by atoms with Gasteiger partial charge in [-0.2, -0.15) is 10.2 Å². The lowest BCUT2D eigenvalue weighted by molar-refractivity contribution is 0.0167. The van der Waals surface area contributed by atoms with Crippen LogP contribution in [0.25, 0.3) is 11.5 Å². The fourth-order valence-corrected chi connectivity index (χ4v) is 4.03. The zero-order valence-corrected chi connectivity index (χ0v) is 20.3. The predicted octanol–water partition coefficient (Wildman–Crippen LogP) is 3.50. The van der Waals surface area contributed by atoms with Crippen molar-refractivity contribution in [3.63, 3.8) is 0 Å². The molecule has 1 amide bonds. The van der Waals surface area contributed by atoms with Crippen molar-refractivity contribution in [2.75, 3.05) is 20.2 Å². The van der Waals surface area contributed by atoms with Crippen LogP contribution in [0, 0.1) is 0 Å². The van der Waals surface area contributed by atoms with E-state index < -0.39 is 5.60 Å². The highest BCUT2D eigenvalue weighted by Crippen LogP contribution is 2.25. The van der Waals surface area contributed by atoms with Crippen LogP contribution in [0.2, 0.25) is 0 Å². The van der Waals surface area contributed by atoms with E-state index in [-0.39, 0.29) is 12.1 Å². The zero-order chi connectivity index (χ0) is 24.1. The predicted molar refractivity (Wildman–Crippen MR) is 126 cm³/mol. The van der Waals surface area contributed by atoms with Gasteiger partial charge in [0.2, 0.25) is 0 Å². The summed E-state index contributed by atoms with van der Waals surface area (Å²) < 4.78 is 14.6. The summed E-state index contributed by atoms with van der Waals surface area (Å²) in [6.07, 6.45) is 7.92. The van der Waals surface area contributed by atoms with Crippen LogP contribution < -0.4 is 0 Å². The van der Waals surface area contributed by atoms with Crippen LogP contribution in [0.3, 0.4) is 0 Å². The Kier molecular flexibility index (Phi) is 7.26. The molecule has 182 valence electrons. The summed E-state index contributed by atoms with van der Waals surface area (Å²) in [5, 5.41) is 9.45. The van der Waals surface area contributed by atoms with Gasteiger partial charge in [0.1, 0.15) is 17.9 Å². The van der Waals surface area contributed by atoms with Gasteiger partial charge < -0.3 is 14.4 Å². The zero-order valence-electron chi connectivity index (χ0n) is 20.3. The first-order valence-corrected chi connectivity index (χ1v) is 11.7. The van der Waals surface area contributed by atoms with Crippen LogP contribution in [0.5, 0.6) is 0 Å². The maximum Gasteiger partial charge on any atom is 0.410 e. The second-order valence-electron chi connectivity index (χ2n) is 9.52. The number of piperidine rings is 1. The second kappa shape index (κ2) is 10.3. The lowest BCUT2D eigenvalue weighted by atomic mass is 10.1. The molecule has 1 saturated heterocycles. The first kappa shape index (κ1) is 23.9. The topological polar surface area (TPSA) is 100 Å². The molecular formula is C24H33N7O3. The lowest BCUT2D eigenvalue weighted by Crippen LogP contribution is -2.43. The Morgan fingerprint density at radius 2 is 1.97 bits per heavy atom. The van der Waals surface area contributed by atoms with Crippen LogP contribution in [-0.2, 0) is 29.0 Å². The fourth-order valence-electron chi connectivity index (χ4n) is 4.03. The number of methoxy groups -OCH3 is 1. The molecule has 0 radical (unpaired) electrons. The van der Waals surface area contributed by atoms with E-state index in [2.05, 4.69) is 15.1 Å². The summed E-state index contributed by atoms with van der Waals surface area (Å²) in [4.78, 5) is 23.1. The SMILES string of the molecule is COCc1nc(-c2ccn(C3CCCN(C(=O)OC(C)(C)C)C3)n2)n(CCc2ccncc2)n1. The van der Waals surface area contributed by atoms with Crippen molar-refractivity contribution < 1.29 is 14.3 Å². The van der Waals surface area contributed by atoms with E-state index in [4.69, 9.17) is 14.6 Å². The van der Waals surface area contributed by atoms with Gasteiger partial charge >= 0.3 is 6.09 Å². The normalized spacial score (nSPS) is 16.6. The third kappa shape index (κ3) is 5.99. The quantitative estimate of drug-likeness (QED) is 0.524. The van der Waals surface area contributed by atoms with Crippen molar-refractivity contribution in [2.45, 2.75) is 64.8 Å². The Hall–Kier alpha value is -3.27. The van der Waals surface area contributed by atoms with Crippen LogP contribution in [0.1, 0.15) is 51.0 Å². The van der Waals surface area contributed by atoms with Crippen LogP contribution >= 0.6 is 0 Å². The summed E-state index contributed by atoms with van der Waals surface area (Å²) in [5.41, 5.74) is 1.42. The van der Waals surface area contributed by atoms with Crippen molar-refractivity contribution >= 4 is 6.09 Å². The van der Waals surface area contributed by atoms with Gasteiger partial charge in [-0.1, -0.05) is 0 Å². The van der Waals surface area contributed by atoms with Crippen LogP contribution in [0.4, 0.5) is 4.79 Å². The molecule has 3 aromatic rings. The molecule has 10 heteroatoms. The molecule has 4 heterocycles. The Labute approximate surface area is 199 Å². The van der Waals surface area contributed by atoms with Crippen molar-refractivity contribution in [1.82, 2.24) is 34.4 Å². The molecule has 3 aromatic heterocycles. The van der Waals surface area contributed by atoms with Crippen LogP contribution in [0.15, 0.2) is 36.8 Å². The summed E-state index contributed by atoms with van der Waals surface area (Å²) in [6.45, 7) is 7.92. The molecule has 4 rings (SSSR count). The van der Waals surface area contributed by atoms with E-state index in [1.54, 1.807) is 24.4 Å². The first-order chi connectivity index (χ1) is 16.3. The number of nitrogens with zero attached hydrogens (tertiary/aromatic N) is 7. The average Bonchev–Trinajstić information content (AvgIpc) is 3.45. The van der Waals surface area contributed by atoms with Gasteiger partial charge in [0.25, 0.3) is 0 Å². The standard InChI is InChI=1S/C24H33N7O3/c1-24(2,3)34-23(32)29-13-5-6-19(16-29)30-15-10-20(27-30)22-26-21(17-33-4)28-31(22)14-9-18-7-11-25-12-8-18/h7-8,10-12,15,19H,5-6,9,13-14,16-17H2,1-4H3. The minimum atomic E-state index is -0.511. The van der Waals surface area contributed by atoms with Crippen molar-refractivity contribution in [3.8, 4) is 11.5 Å². The van der Waals surface area contributed by atoms with Gasteiger partial charge in [0.15, 0.2) is 11.6 Å². The number of aromatic nitrogens is 6. The summed E-state index contributed by atoms with van der Waals surface area (Å²) in [7, 11) is 1.63. The number of pyridine rings is 1. The van der Waals surface area contributed by atoms with E-state index in [0.29, 0.717) is 37.9 Å². The Morgan fingerprint density at radius 3 is 2.71 bits per heavy atom. The Balaban J connectivity index is 1.50. The molecule has 0 bridgehead atoms. The number of carbonyl (C=O) groups is 1. The van der Waals surface area contributed by atoms with Gasteiger partial charge in [0.05, 0.1) is 6.04 Å². The molecule has 1 unspecified atom stereocenters. The van der Waals surface area contributed by atoms with E-state index in [1.165, 1.54) is 5.56 Å². The number of aryl methyl sites for hydroxylation is 2. The number of amides is 1. The monoisotopic (exact) mass is 467 g/mol. The van der Waals surface area contributed by atoms with E-state index in [1.807, 2.05) is 54.5 Å². The highest BCUT2D eigenvalue weighted by molar-refractivity contribution is 5.68. The molecule has 34 heavy (non-hydrogen) atoms. The molecule has 0 aromatic carbocycles. The first-order valence-electron chi connectivity index (χ1n) is 11.7. The van der Waals surface area contributed by atoms with E-state index in [0.717, 1.165) is 25.0 Å².